The van der Waals surface area contributed by atoms with E-state index >= 15 is 0 Å². The second-order valence-corrected chi connectivity index (χ2v) is 5.26. The molecule has 3 nitrogen and oxygen atoms in total. The quantitative estimate of drug-likeness (QED) is 0.890. The molecule has 0 aliphatic carbocycles. The Hall–Kier alpha value is -0.900. The highest BCUT2D eigenvalue weighted by atomic mass is 16.5. The lowest BCUT2D eigenvalue weighted by molar-refractivity contribution is 0.0124. The Balaban J connectivity index is 1.70. The van der Waals surface area contributed by atoms with E-state index in [9.17, 15) is 0 Å². The minimum Gasteiger partial charge on any atom is -0.377 e. The van der Waals surface area contributed by atoms with Gasteiger partial charge in [-0.2, -0.15) is 0 Å². The molecular formula is C15H21NO2. The average molecular weight is 247 g/mol. The van der Waals surface area contributed by atoms with Gasteiger partial charge in [-0.3, -0.25) is 0 Å². The molecule has 98 valence electrons. The normalized spacial score (nSPS) is 28.9. The zero-order valence-electron chi connectivity index (χ0n) is 10.7. The average Bonchev–Trinajstić information content (AvgIpc) is 2.93. The van der Waals surface area contributed by atoms with E-state index in [-0.39, 0.29) is 18.2 Å². The van der Waals surface area contributed by atoms with Crippen molar-refractivity contribution in [2.24, 2.45) is 5.73 Å². The fourth-order valence-corrected chi connectivity index (χ4v) is 3.01. The molecule has 0 bridgehead atoms. The summed E-state index contributed by atoms with van der Waals surface area (Å²) in [6.45, 7) is 1.67. The van der Waals surface area contributed by atoms with Gasteiger partial charge in [-0.05, 0) is 36.8 Å². The standard InChI is InChI=1S/C15H21NO2/c16-13(14-6-3-8-17-14)10-15-12-5-2-1-4-11(12)7-9-18-15/h1-2,4-5,13-15H,3,6-10,16H2. The second-order valence-electron chi connectivity index (χ2n) is 5.26. The van der Waals surface area contributed by atoms with Crippen molar-refractivity contribution < 1.29 is 9.47 Å². The Kier molecular flexibility index (Phi) is 3.64. The van der Waals surface area contributed by atoms with Crippen LogP contribution in [0.3, 0.4) is 0 Å². The minimum atomic E-state index is 0.0867. The zero-order valence-corrected chi connectivity index (χ0v) is 10.7. The molecule has 2 heterocycles. The summed E-state index contributed by atoms with van der Waals surface area (Å²) < 4.78 is 11.6. The topological polar surface area (TPSA) is 44.5 Å². The molecule has 1 saturated heterocycles. The van der Waals surface area contributed by atoms with Crippen molar-refractivity contribution in [3.63, 3.8) is 0 Å². The summed E-state index contributed by atoms with van der Waals surface area (Å²) in [5.74, 6) is 0. The molecule has 3 unspecified atom stereocenters. The Morgan fingerprint density at radius 1 is 1.22 bits per heavy atom. The van der Waals surface area contributed by atoms with E-state index in [0.717, 1.165) is 38.9 Å². The molecule has 2 aliphatic rings. The van der Waals surface area contributed by atoms with Gasteiger partial charge < -0.3 is 15.2 Å². The van der Waals surface area contributed by atoms with Gasteiger partial charge in [0.1, 0.15) is 0 Å². The van der Waals surface area contributed by atoms with Crippen molar-refractivity contribution >= 4 is 0 Å². The van der Waals surface area contributed by atoms with Gasteiger partial charge in [0.15, 0.2) is 0 Å². The fourth-order valence-electron chi connectivity index (χ4n) is 3.01. The van der Waals surface area contributed by atoms with E-state index in [1.807, 2.05) is 0 Å². The van der Waals surface area contributed by atoms with E-state index in [0.29, 0.717) is 0 Å². The van der Waals surface area contributed by atoms with Crippen molar-refractivity contribution in [3.8, 4) is 0 Å². The Morgan fingerprint density at radius 2 is 2.11 bits per heavy atom. The van der Waals surface area contributed by atoms with Crippen LogP contribution in [-0.2, 0) is 15.9 Å². The lowest BCUT2D eigenvalue weighted by Gasteiger charge is -2.29. The molecule has 2 N–H and O–H groups in total. The number of rotatable bonds is 3. The number of hydrogen-bond donors (Lipinski definition) is 1. The van der Waals surface area contributed by atoms with Crippen LogP contribution in [-0.4, -0.2) is 25.4 Å². The molecule has 1 aromatic rings. The Bertz CT molecular complexity index is 401. The maximum atomic E-state index is 6.26. The van der Waals surface area contributed by atoms with Gasteiger partial charge in [-0.25, -0.2) is 0 Å². The largest absolute Gasteiger partial charge is 0.377 e. The first-order chi connectivity index (χ1) is 8.84. The van der Waals surface area contributed by atoms with Crippen LogP contribution >= 0.6 is 0 Å². The van der Waals surface area contributed by atoms with Gasteiger partial charge in [0.05, 0.1) is 18.8 Å². The number of benzene rings is 1. The summed E-state index contributed by atoms with van der Waals surface area (Å²) in [6, 6.07) is 8.63. The summed E-state index contributed by atoms with van der Waals surface area (Å²) in [4.78, 5) is 0. The Labute approximate surface area is 108 Å². The van der Waals surface area contributed by atoms with E-state index in [4.69, 9.17) is 15.2 Å². The van der Waals surface area contributed by atoms with Gasteiger partial charge in [0, 0.05) is 12.6 Å². The van der Waals surface area contributed by atoms with Crippen molar-refractivity contribution in [3.05, 3.63) is 35.4 Å². The summed E-state index contributed by atoms with van der Waals surface area (Å²) in [6.07, 6.45) is 4.48. The minimum absolute atomic E-state index is 0.0867. The van der Waals surface area contributed by atoms with Gasteiger partial charge in [0.25, 0.3) is 0 Å². The predicted octanol–water partition coefficient (Wildman–Crippen LogP) is 2.20. The molecular weight excluding hydrogens is 226 g/mol. The van der Waals surface area contributed by atoms with Gasteiger partial charge in [-0.1, -0.05) is 24.3 Å². The van der Waals surface area contributed by atoms with E-state index in [1.54, 1.807) is 0 Å². The summed E-state index contributed by atoms with van der Waals surface area (Å²) in [7, 11) is 0. The van der Waals surface area contributed by atoms with Crippen LogP contribution in [0.4, 0.5) is 0 Å². The fraction of sp³-hybridized carbons (Fsp3) is 0.600. The molecule has 3 atom stereocenters. The Morgan fingerprint density at radius 3 is 2.94 bits per heavy atom. The number of hydrogen-bond acceptors (Lipinski definition) is 3. The molecule has 1 aromatic carbocycles. The highest BCUT2D eigenvalue weighted by molar-refractivity contribution is 5.31. The highest BCUT2D eigenvalue weighted by Gasteiger charge is 2.28. The van der Waals surface area contributed by atoms with Crippen molar-refractivity contribution in [1.82, 2.24) is 0 Å². The summed E-state index contributed by atoms with van der Waals surface area (Å²) >= 11 is 0. The maximum Gasteiger partial charge on any atom is 0.0843 e. The number of ether oxygens (including phenoxy) is 2. The molecule has 1 fully saturated rings. The van der Waals surface area contributed by atoms with Crippen LogP contribution in [0.2, 0.25) is 0 Å². The zero-order chi connectivity index (χ0) is 12.4. The molecule has 3 heteroatoms. The van der Waals surface area contributed by atoms with Crippen molar-refractivity contribution in [1.29, 1.82) is 0 Å². The van der Waals surface area contributed by atoms with Gasteiger partial charge >= 0.3 is 0 Å². The van der Waals surface area contributed by atoms with Crippen LogP contribution in [0, 0.1) is 0 Å². The number of nitrogens with two attached hydrogens (primary N) is 1. The lowest BCUT2D eigenvalue weighted by Crippen LogP contribution is -2.36. The predicted molar refractivity (Wildman–Crippen MR) is 70.4 cm³/mol. The van der Waals surface area contributed by atoms with Crippen LogP contribution in [0.1, 0.15) is 36.5 Å². The molecule has 0 aromatic heterocycles. The maximum absolute atomic E-state index is 6.26. The summed E-state index contributed by atoms with van der Waals surface area (Å²) in [5.41, 5.74) is 8.99. The first-order valence-corrected chi connectivity index (χ1v) is 6.91. The van der Waals surface area contributed by atoms with Crippen molar-refractivity contribution in [2.45, 2.75) is 43.9 Å². The van der Waals surface area contributed by atoms with Crippen molar-refractivity contribution in [2.75, 3.05) is 13.2 Å². The smallest absolute Gasteiger partial charge is 0.0843 e. The van der Waals surface area contributed by atoms with Gasteiger partial charge in [0.2, 0.25) is 0 Å². The van der Waals surface area contributed by atoms with Crippen LogP contribution in [0.25, 0.3) is 0 Å². The molecule has 0 saturated carbocycles. The molecule has 3 rings (SSSR count). The molecule has 0 radical (unpaired) electrons. The van der Waals surface area contributed by atoms with E-state index < -0.39 is 0 Å². The molecule has 18 heavy (non-hydrogen) atoms. The first kappa shape index (κ1) is 12.2. The van der Waals surface area contributed by atoms with Crippen LogP contribution in [0.15, 0.2) is 24.3 Å². The third-order valence-electron chi connectivity index (χ3n) is 4.02. The lowest BCUT2D eigenvalue weighted by atomic mass is 9.92. The van der Waals surface area contributed by atoms with E-state index in [1.165, 1.54) is 11.1 Å². The SMILES string of the molecule is NC(CC1OCCc2ccccc21)C1CCCO1. The van der Waals surface area contributed by atoms with Crippen LogP contribution in [0.5, 0.6) is 0 Å². The highest BCUT2D eigenvalue weighted by Crippen LogP contribution is 2.31. The summed E-state index contributed by atoms with van der Waals surface area (Å²) in [5, 5.41) is 0. The number of fused-ring (bicyclic) bond motifs is 1. The molecule has 2 aliphatic heterocycles. The second kappa shape index (κ2) is 5.39. The third kappa shape index (κ3) is 2.44. The molecule has 0 amide bonds. The monoisotopic (exact) mass is 247 g/mol. The first-order valence-electron chi connectivity index (χ1n) is 6.91. The molecule has 0 spiro atoms. The third-order valence-corrected chi connectivity index (χ3v) is 4.02. The van der Waals surface area contributed by atoms with E-state index in [2.05, 4.69) is 24.3 Å². The van der Waals surface area contributed by atoms with Crippen LogP contribution < -0.4 is 5.73 Å². The van der Waals surface area contributed by atoms with Gasteiger partial charge in [-0.15, -0.1) is 0 Å².